The summed E-state index contributed by atoms with van der Waals surface area (Å²) >= 11 is 4.12. The summed E-state index contributed by atoms with van der Waals surface area (Å²) in [5.74, 6) is 0. The number of thiol groups is 1. The lowest BCUT2D eigenvalue weighted by molar-refractivity contribution is -0.109. The molecule has 4 heteroatoms. The van der Waals surface area contributed by atoms with Gasteiger partial charge in [-0.25, -0.2) is 0 Å². The van der Waals surface area contributed by atoms with Gasteiger partial charge in [-0.1, -0.05) is 6.08 Å². The maximum Gasteiger partial charge on any atom is 0.207 e. The molecule has 0 aliphatic heterocycles. The SMILES string of the molecule is NC1=CCC(NC=O)C=C1S. The Kier molecular flexibility index (Phi) is 2.59. The largest absolute Gasteiger partial charge is 0.398 e. The zero-order valence-electron chi connectivity index (χ0n) is 5.95. The van der Waals surface area contributed by atoms with E-state index in [1.54, 1.807) is 0 Å². The van der Waals surface area contributed by atoms with Crippen molar-refractivity contribution in [2.24, 2.45) is 5.73 Å². The first kappa shape index (κ1) is 8.20. The minimum Gasteiger partial charge on any atom is -0.398 e. The Morgan fingerprint density at radius 3 is 3.09 bits per heavy atom. The minimum absolute atomic E-state index is 0.0484. The van der Waals surface area contributed by atoms with Crippen LogP contribution in [0.1, 0.15) is 6.42 Å². The lowest BCUT2D eigenvalue weighted by atomic mass is 10.1. The third-order valence-corrected chi connectivity index (χ3v) is 1.94. The van der Waals surface area contributed by atoms with Crippen LogP contribution in [-0.2, 0) is 4.79 Å². The predicted molar refractivity (Wildman–Crippen MR) is 46.9 cm³/mol. The van der Waals surface area contributed by atoms with Crippen molar-refractivity contribution < 1.29 is 4.79 Å². The Morgan fingerprint density at radius 1 is 1.82 bits per heavy atom. The van der Waals surface area contributed by atoms with E-state index in [2.05, 4.69) is 17.9 Å². The second kappa shape index (κ2) is 3.48. The summed E-state index contributed by atoms with van der Waals surface area (Å²) in [6.07, 6.45) is 5.10. The predicted octanol–water partition coefficient (Wildman–Crippen LogP) is 0.161. The quantitative estimate of drug-likeness (QED) is 0.408. The summed E-state index contributed by atoms with van der Waals surface area (Å²) in [5.41, 5.74) is 6.21. The van der Waals surface area contributed by atoms with E-state index in [1.807, 2.05) is 12.2 Å². The van der Waals surface area contributed by atoms with Gasteiger partial charge in [0.25, 0.3) is 0 Å². The highest BCUT2D eigenvalue weighted by atomic mass is 32.1. The van der Waals surface area contributed by atoms with Crippen LogP contribution in [0.5, 0.6) is 0 Å². The topological polar surface area (TPSA) is 55.1 Å². The van der Waals surface area contributed by atoms with E-state index in [0.717, 1.165) is 11.3 Å². The number of carbonyl (C=O) groups excluding carboxylic acids is 1. The molecule has 0 aromatic heterocycles. The Labute approximate surface area is 70.8 Å². The van der Waals surface area contributed by atoms with Crippen LogP contribution in [0.2, 0.25) is 0 Å². The number of nitrogens with two attached hydrogens (primary N) is 1. The summed E-state index contributed by atoms with van der Waals surface area (Å²) in [4.78, 5) is 10.8. The number of nitrogens with one attached hydrogen (secondary N) is 1. The standard InChI is InChI=1S/C7H10N2OS/c8-6-2-1-5(9-4-10)3-7(6)11/h2-5,11H,1,8H2,(H,9,10). The maximum absolute atomic E-state index is 10.0. The number of carbonyl (C=O) groups is 1. The molecule has 0 saturated heterocycles. The third-order valence-electron chi connectivity index (χ3n) is 1.53. The van der Waals surface area contributed by atoms with E-state index in [-0.39, 0.29) is 6.04 Å². The summed E-state index contributed by atoms with van der Waals surface area (Å²) in [6.45, 7) is 0. The zero-order valence-corrected chi connectivity index (χ0v) is 6.84. The highest BCUT2D eigenvalue weighted by Crippen LogP contribution is 2.17. The molecule has 1 atom stereocenters. The highest BCUT2D eigenvalue weighted by molar-refractivity contribution is 7.84. The van der Waals surface area contributed by atoms with Crippen molar-refractivity contribution in [3.63, 3.8) is 0 Å². The number of hydrogen-bond acceptors (Lipinski definition) is 3. The molecule has 0 heterocycles. The molecule has 0 saturated carbocycles. The van der Waals surface area contributed by atoms with Crippen molar-refractivity contribution >= 4 is 19.0 Å². The first-order valence-corrected chi connectivity index (χ1v) is 3.75. The maximum atomic E-state index is 10.0. The zero-order chi connectivity index (χ0) is 8.27. The van der Waals surface area contributed by atoms with Crippen molar-refractivity contribution in [3.05, 3.63) is 22.8 Å². The molecule has 0 aromatic carbocycles. The summed E-state index contributed by atoms with van der Waals surface area (Å²) in [7, 11) is 0. The van der Waals surface area contributed by atoms with Crippen LogP contribution in [0.25, 0.3) is 0 Å². The number of rotatable bonds is 2. The van der Waals surface area contributed by atoms with Gasteiger partial charge in [0.2, 0.25) is 6.41 Å². The van der Waals surface area contributed by atoms with Crippen molar-refractivity contribution in [1.82, 2.24) is 5.32 Å². The van der Waals surface area contributed by atoms with Gasteiger partial charge < -0.3 is 11.1 Å². The van der Waals surface area contributed by atoms with Crippen molar-refractivity contribution in [1.29, 1.82) is 0 Å². The third kappa shape index (κ3) is 2.01. The van der Waals surface area contributed by atoms with Gasteiger partial charge >= 0.3 is 0 Å². The van der Waals surface area contributed by atoms with Crippen LogP contribution < -0.4 is 11.1 Å². The van der Waals surface area contributed by atoms with E-state index < -0.39 is 0 Å². The highest BCUT2D eigenvalue weighted by Gasteiger charge is 2.09. The van der Waals surface area contributed by atoms with Crippen LogP contribution in [0.4, 0.5) is 0 Å². The fourth-order valence-corrected chi connectivity index (χ4v) is 1.19. The molecule has 1 unspecified atom stereocenters. The van der Waals surface area contributed by atoms with Gasteiger partial charge in [-0.05, 0) is 12.5 Å². The van der Waals surface area contributed by atoms with Crippen LogP contribution in [0.15, 0.2) is 22.8 Å². The van der Waals surface area contributed by atoms with Gasteiger partial charge in [0.15, 0.2) is 0 Å². The first-order valence-electron chi connectivity index (χ1n) is 3.30. The monoisotopic (exact) mass is 170 g/mol. The summed E-state index contributed by atoms with van der Waals surface area (Å²) < 4.78 is 0. The second-order valence-electron chi connectivity index (χ2n) is 2.34. The molecule has 0 spiro atoms. The molecular weight excluding hydrogens is 160 g/mol. The van der Waals surface area contributed by atoms with Crippen LogP contribution in [0.3, 0.4) is 0 Å². The van der Waals surface area contributed by atoms with Gasteiger partial charge in [-0.2, -0.15) is 0 Å². The molecule has 0 fully saturated rings. The van der Waals surface area contributed by atoms with Gasteiger partial charge in [0.05, 0.1) is 6.04 Å². The lowest BCUT2D eigenvalue weighted by Crippen LogP contribution is -2.27. The summed E-state index contributed by atoms with van der Waals surface area (Å²) in [5, 5.41) is 2.63. The normalized spacial score (nSPS) is 23.5. The Morgan fingerprint density at radius 2 is 2.55 bits per heavy atom. The lowest BCUT2D eigenvalue weighted by Gasteiger charge is -2.15. The van der Waals surface area contributed by atoms with Gasteiger partial charge in [0.1, 0.15) is 0 Å². The fraction of sp³-hybridized carbons (Fsp3) is 0.286. The van der Waals surface area contributed by atoms with Crippen LogP contribution in [0, 0.1) is 0 Å². The van der Waals surface area contributed by atoms with Crippen molar-refractivity contribution in [3.8, 4) is 0 Å². The van der Waals surface area contributed by atoms with Crippen LogP contribution in [-0.4, -0.2) is 12.5 Å². The molecule has 60 valence electrons. The fourth-order valence-electron chi connectivity index (χ4n) is 0.917. The molecule has 3 N–H and O–H groups in total. The molecule has 3 nitrogen and oxygen atoms in total. The molecule has 1 amide bonds. The van der Waals surface area contributed by atoms with E-state index in [0.29, 0.717) is 12.1 Å². The summed E-state index contributed by atoms with van der Waals surface area (Å²) in [6, 6.07) is 0.0484. The minimum atomic E-state index is 0.0484. The Balaban J connectivity index is 2.61. The van der Waals surface area contributed by atoms with Crippen LogP contribution >= 0.6 is 12.6 Å². The Hall–Kier alpha value is -0.900. The smallest absolute Gasteiger partial charge is 0.207 e. The van der Waals surface area contributed by atoms with E-state index in [4.69, 9.17) is 5.73 Å². The molecule has 1 aliphatic carbocycles. The van der Waals surface area contributed by atoms with Crippen molar-refractivity contribution in [2.75, 3.05) is 0 Å². The number of amides is 1. The molecular formula is C7H10N2OS. The average molecular weight is 170 g/mol. The molecule has 0 radical (unpaired) electrons. The van der Waals surface area contributed by atoms with E-state index in [9.17, 15) is 4.79 Å². The average Bonchev–Trinajstić information content (AvgIpc) is 1.98. The Bertz CT molecular complexity index is 222. The molecule has 0 aromatic rings. The molecule has 0 bridgehead atoms. The molecule has 1 aliphatic rings. The molecule has 1 rings (SSSR count). The second-order valence-corrected chi connectivity index (χ2v) is 2.82. The molecule has 11 heavy (non-hydrogen) atoms. The van der Waals surface area contributed by atoms with Crippen molar-refractivity contribution in [2.45, 2.75) is 12.5 Å². The van der Waals surface area contributed by atoms with Gasteiger partial charge in [-0.3, -0.25) is 4.79 Å². The number of hydrogen-bond donors (Lipinski definition) is 3. The van der Waals surface area contributed by atoms with Gasteiger partial charge in [0, 0.05) is 10.6 Å². The van der Waals surface area contributed by atoms with E-state index in [1.165, 1.54) is 0 Å². The van der Waals surface area contributed by atoms with Gasteiger partial charge in [-0.15, -0.1) is 12.6 Å². The van der Waals surface area contributed by atoms with E-state index >= 15 is 0 Å². The first-order chi connectivity index (χ1) is 5.24.